The second-order valence-electron chi connectivity index (χ2n) is 5.12. The van der Waals surface area contributed by atoms with E-state index < -0.39 is 0 Å². The van der Waals surface area contributed by atoms with E-state index in [2.05, 4.69) is 38.5 Å². The molecule has 0 saturated carbocycles. The number of imidazole rings is 1. The van der Waals surface area contributed by atoms with Crippen LogP contribution in [0.4, 0.5) is 5.69 Å². The zero-order valence-electron chi connectivity index (χ0n) is 11.5. The Morgan fingerprint density at radius 3 is 2.86 bits per heavy atom. The summed E-state index contributed by atoms with van der Waals surface area (Å²) in [6, 6.07) is 6.44. The summed E-state index contributed by atoms with van der Waals surface area (Å²) in [5.41, 5.74) is 5.74. The Hall–Kier alpha value is -2.69. The second-order valence-corrected chi connectivity index (χ2v) is 5.12. The van der Waals surface area contributed by atoms with Crippen molar-refractivity contribution in [2.24, 2.45) is 0 Å². The van der Waals surface area contributed by atoms with Crippen molar-refractivity contribution < 1.29 is 0 Å². The van der Waals surface area contributed by atoms with Gasteiger partial charge in [-0.25, -0.2) is 15.0 Å². The first-order chi connectivity index (χ1) is 10.4. The van der Waals surface area contributed by atoms with Crippen molar-refractivity contribution in [3.63, 3.8) is 0 Å². The van der Waals surface area contributed by atoms with Gasteiger partial charge < -0.3 is 5.32 Å². The molecule has 0 atom stereocenters. The molecule has 2 aromatic heterocycles. The van der Waals surface area contributed by atoms with E-state index in [1.807, 2.05) is 10.8 Å². The molecular formula is C16H15N5. The Labute approximate surface area is 122 Å². The number of aromatic nitrogens is 4. The lowest BCUT2D eigenvalue weighted by atomic mass is 9.98. The molecule has 0 amide bonds. The first kappa shape index (κ1) is 12.1. The van der Waals surface area contributed by atoms with Gasteiger partial charge in [-0.1, -0.05) is 18.2 Å². The zero-order valence-corrected chi connectivity index (χ0v) is 11.5. The third kappa shape index (κ3) is 2.07. The maximum Gasteiger partial charge on any atom is 0.115 e. The Bertz CT molecular complexity index is 763. The molecule has 1 aromatic carbocycles. The SMILES string of the molecule is c1cc2c(c(-c3cncn3-c3cncnc3)c1)NCCC2. The molecule has 5 heteroatoms. The highest BCUT2D eigenvalue weighted by Gasteiger charge is 2.16. The molecule has 0 fully saturated rings. The summed E-state index contributed by atoms with van der Waals surface area (Å²) in [6.07, 6.45) is 11.1. The van der Waals surface area contributed by atoms with Gasteiger partial charge in [0.05, 0.1) is 36.3 Å². The maximum absolute atomic E-state index is 4.30. The van der Waals surface area contributed by atoms with Crippen LogP contribution in [0.15, 0.2) is 49.4 Å². The van der Waals surface area contributed by atoms with Crippen molar-refractivity contribution in [2.45, 2.75) is 12.8 Å². The number of hydrogen-bond donors (Lipinski definition) is 1. The van der Waals surface area contributed by atoms with E-state index in [0.717, 1.165) is 24.3 Å². The Balaban J connectivity index is 1.88. The quantitative estimate of drug-likeness (QED) is 0.782. The van der Waals surface area contributed by atoms with Crippen LogP contribution in [-0.2, 0) is 6.42 Å². The molecule has 1 aliphatic rings. The summed E-state index contributed by atoms with van der Waals surface area (Å²) < 4.78 is 2.02. The summed E-state index contributed by atoms with van der Waals surface area (Å²) in [7, 11) is 0. The van der Waals surface area contributed by atoms with Crippen LogP contribution in [0.25, 0.3) is 16.9 Å². The van der Waals surface area contributed by atoms with E-state index in [9.17, 15) is 0 Å². The van der Waals surface area contributed by atoms with Crippen LogP contribution >= 0.6 is 0 Å². The molecule has 0 saturated heterocycles. The lowest BCUT2D eigenvalue weighted by Gasteiger charge is -2.21. The lowest BCUT2D eigenvalue weighted by Crippen LogP contribution is -2.13. The number of benzene rings is 1. The van der Waals surface area contributed by atoms with Gasteiger partial charge in [-0.3, -0.25) is 4.57 Å². The van der Waals surface area contributed by atoms with E-state index in [1.54, 1.807) is 18.7 Å². The van der Waals surface area contributed by atoms with Crippen LogP contribution in [0.1, 0.15) is 12.0 Å². The number of para-hydroxylation sites is 1. The van der Waals surface area contributed by atoms with Crippen LogP contribution in [0.2, 0.25) is 0 Å². The first-order valence-electron chi connectivity index (χ1n) is 7.07. The van der Waals surface area contributed by atoms with Gasteiger partial charge in [0.15, 0.2) is 0 Å². The molecule has 0 bridgehead atoms. The summed E-state index contributed by atoms with van der Waals surface area (Å²) in [4.78, 5) is 12.5. The highest BCUT2D eigenvalue weighted by atomic mass is 15.1. The molecule has 0 spiro atoms. The van der Waals surface area contributed by atoms with Gasteiger partial charge >= 0.3 is 0 Å². The van der Waals surface area contributed by atoms with Crippen LogP contribution < -0.4 is 5.32 Å². The van der Waals surface area contributed by atoms with Gasteiger partial charge in [-0.15, -0.1) is 0 Å². The summed E-state index contributed by atoms with van der Waals surface area (Å²) >= 11 is 0. The third-order valence-electron chi connectivity index (χ3n) is 3.81. The molecule has 1 N–H and O–H groups in total. The van der Waals surface area contributed by atoms with Crippen molar-refractivity contribution in [1.82, 2.24) is 19.5 Å². The minimum atomic E-state index is 0.915. The monoisotopic (exact) mass is 277 g/mol. The summed E-state index contributed by atoms with van der Waals surface area (Å²) in [6.45, 7) is 1.02. The largest absolute Gasteiger partial charge is 0.384 e. The molecule has 0 unspecified atom stereocenters. The number of anilines is 1. The topological polar surface area (TPSA) is 55.6 Å². The van der Waals surface area contributed by atoms with Gasteiger partial charge in [0.1, 0.15) is 6.33 Å². The van der Waals surface area contributed by atoms with E-state index in [0.29, 0.717) is 0 Å². The Kier molecular flexibility index (Phi) is 2.88. The molecule has 0 aliphatic carbocycles. The van der Waals surface area contributed by atoms with Crippen molar-refractivity contribution in [1.29, 1.82) is 0 Å². The van der Waals surface area contributed by atoms with Crippen molar-refractivity contribution in [2.75, 3.05) is 11.9 Å². The maximum atomic E-state index is 4.30. The number of hydrogen-bond acceptors (Lipinski definition) is 4. The van der Waals surface area contributed by atoms with E-state index in [-0.39, 0.29) is 0 Å². The fourth-order valence-electron chi connectivity index (χ4n) is 2.84. The van der Waals surface area contributed by atoms with Gasteiger partial charge in [-0.05, 0) is 18.4 Å². The van der Waals surface area contributed by atoms with Crippen molar-refractivity contribution in [3.05, 3.63) is 55.0 Å². The molecular weight excluding hydrogens is 262 g/mol. The van der Waals surface area contributed by atoms with Crippen LogP contribution in [-0.4, -0.2) is 26.1 Å². The minimum Gasteiger partial charge on any atom is -0.384 e. The highest BCUT2D eigenvalue weighted by molar-refractivity contribution is 5.79. The van der Waals surface area contributed by atoms with E-state index >= 15 is 0 Å². The number of aryl methyl sites for hydroxylation is 1. The first-order valence-corrected chi connectivity index (χ1v) is 7.07. The molecule has 0 radical (unpaired) electrons. The molecule has 21 heavy (non-hydrogen) atoms. The summed E-state index contributed by atoms with van der Waals surface area (Å²) in [5, 5.41) is 3.53. The van der Waals surface area contributed by atoms with Gasteiger partial charge in [-0.2, -0.15) is 0 Å². The Morgan fingerprint density at radius 2 is 1.95 bits per heavy atom. The molecule has 104 valence electrons. The third-order valence-corrected chi connectivity index (χ3v) is 3.81. The zero-order chi connectivity index (χ0) is 14.1. The standard InChI is InChI=1S/C16H15N5/c1-3-12-4-2-6-20-16(12)14(5-1)15-9-19-11-21(15)13-7-17-10-18-8-13/h1,3,5,7-11,20H,2,4,6H2. The number of nitrogens with zero attached hydrogens (tertiary/aromatic N) is 4. The van der Waals surface area contributed by atoms with E-state index in [1.165, 1.54) is 29.6 Å². The van der Waals surface area contributed by atoms with Crippen LogP contribution in [0.3, 0.4) is 0 Å². The number of rotatable bonds is 2. The fraction of sp³-hybridized carbons (Fsp3) is 0.188. The van der Waals surface area contributed by atoms with Gasteiger partial charge in [0.25, 0.3) is 0 Å². The average Bonchev–Trinajstić information content (AvgIpc) is 3.04. The number of nitrogens with one attached hydrogen (secondary N) is 1. The Morgan fingerprint density at radius 1 is 1.05 bits per heavy atom. The van der Waals surface area contributed by atoms with Crippen molar-refractivity contribution >= 4 is 5.69 Å². The molecule has 3 aromatic rings. The second kappa shape index (κ2) is 5.01. The highest BCUT2D eigenvalue weighted by Crippen LogP contribution is 2.34. The number of fused-ring (bicyclic) bond motifs is 1. The summed E-state index contributed by atoms with van der Waals surface area (Å²) in [5.74, 6) is 0. The van der Waals surface area contributed by atoms with Gasteiger partial charge in [0, 0.05) is 17.8 Å². The van der Waals surface area contributed by atoms with Crippen LogP contribution in [0.5, 0.6) is 0 Å². The minimum absolute atomic E-state index is 0.915. The lowest BCUT2D eigenvalue weighted by molar-refractivity contribution is 0.830. The molecule has 5 nitrogen and oxygen atoms in total. The predicted molar refractivity (Wildman–Crippen MR) is 81.4 cm³/mol. The normalized spacial score (nSPS) is 13.5. The molecule has 4 rings (SSSR count). The molecule has 3 heterocycles. The van der Waals surface area contributed by atoms with Gasteiger partial charge in [0.2, 0.25) is 0 Å². The molecule has 1 aliphatic heterocycles. The van der Waals surface area contributed by atoms with Crippen molar-refractivity contribution in [3.8, 4) is 16.9 Å². The van der Waals surface area contributed by atoms with E-state index in [4.69, 9.17) is 0 Å². The predicted octanol–water partition coefficient (Wildman–Crippen LogP) is 2.69. The smallest absolute Gasteiger partial charge is 0.115 e. The van der Waals surface area contributed by atoms with Crippen LogP contribution in [0, 0.1) is 0 Å². The fourth-order valence-corrected chi connectivity index (χ4v) is 2.84. The average molecular weight is 277 g/mol.